The van der Waals surface area contributed by atoms with Crippen LogP contribution in [0.25, 0.3) is 0 Å². The zero-order valence-corrected chi connectivity index (χ0v) is 12.1. The molecule has 1 rings (SSSR count). The highest BCUT2D eigenvalue weighted by Crippen LogP contribution is 2.34. The van der Waals surface area contributed by atoms with E-state index >= 15 is 0 Å². The molecule has 0 bridgehead atoms. The fourth-order valence-corrected chi connectivity index (χ4v) is 2.37. The average Bonchev–Trinajstić information content (AvgIpc) is 3.23. The van der Waals surface area contributed by atoms with Gasteiger partial charge in [-0.05, 0) is 12.3 Å². The molecule has 0 aromatic heterocycles. The molecule has 1 fully saturated rings. The first kappa shape index (κ1) is 16.2. The zero-order valence-electron chi connectivity index (χ0n) is 12.1. The molecule has 0 unspecified atom stereocenters. The fourth-order valence-electron chi connectivity index (χ4n) is 2.37. The summed E-state index contributed by atoms with van der Waals surface area (Å²) in [5, 5.41) is 1.14. The van der Waals surface area contributed by atoms with Crippen LogP contribution in [-0.4, -0.2) is 17.6 Å². The van der Waals surface area contributed by atoms with Crippen LogP contribution in [0.5, 0.6) is 0 Å². The summed E-state index contributed by atoms with van der Waals surface area (Å²) in [5.74, 6) is 11.6. The molecule has 19 heavy (non-hydrogen) atoms. The molecule has 2 amide bonds. The first-order chi connectivity index (χ1) is 9.24. The van der Waals surface area contributed by atoms with E-state index in [9.17, 15) is 4.79 Å². The van der Waals surface area contributed by atoms with Crippen molar-refractivity contribution in [2.45, 2.75) is 70.6 Å². The zero-order chi connectivity index (χ0) is 13.9. The van der Waals surface area contributed by atoms with Gasteiger partial charge in [-0.2, -0.15) is 0 Å². The van der Waals surface area contributed by atoms with E-state index in [0.717, 1.165) is 23.8 Å². The van der Waals surface area contributed by atoms with E-state index in [0.29, 0.717) is 6.54 Å². The van der Waals surface area contributed by atoms with Crippen LogP contribution in [0.1, 0.15) is 70.6 Å². The molecule has 1 saturated carbocycles. The maximum Gasteiger partial charge on any atom is 0.345 e. The number of urea groups is 1. The van der Waals surface area contributed by atoms with Gasteiger partial charge in [-0.25, -0.2) is 16.5 Å². The molecule has 0 atom stereocenters. The quantitative estimate of drug-likeness (QED) is 0.233. The second kappa shape index (κ2) is 10.0. The van der Waals surface area contributed by atoms with Crippen LogP contribution in [0.4, 0.5) is 4.79 Å². The van der Waals surface area contributed by atoms with Gasteiger partial charge in [0.2, 0.25) is 0 Å². The third kappa shape index (κ3) is 8.83. The van der Waals surface area contributed by atoms with Crippen LogP contribution in [0.3, 0.4) is 0 Å². The van der Waals surface area contributed by atoms with Crippen molar-refractivity contribution in [3.05, 3.63) is 0 Å². The van der Waals surface area contributed by atoms with Crippen molar-refractivity contribution in [1.29, 1.82) is 0 Å². The van der Waals surface area contributed by atoms with Gasteiger partial charge < -0.3 is 0 Å². The van der Waals surface area contributed by atoms with Gasteiger partial charge in [0.15, 0.2) is 0 Å². The van der Waals surface area contributed by atoms with Crippen molar-refractivity contribution in [1.82, 2.24) is 10.4 Å². The third-order valence-corrected chi connectivity index (χ3v) is 3.84. The van der Waals surface area contributed by atoms with E-state index in [1.165, 1.54) is 57.8 Å². The Balaban J connectivity index is 1.74. The summed E-state index contributed by atoms with van der Waals surface area (Å²) in [5.41, 5.74) is 2.02. The van der Waals surface area contributed by atoms with Gasteiger partial charge >= 0.3 is 6.03 Å². The first-order valence-corrected chi connectivity index (χ1v) is 7.77. The van der Waals surface area contributed by atoms with E-state index in [-0.39, 0.29) is 0 Å². The molecule has 5 N–H and O–H groups in total. The number of nitrogens with two attached hydrogens (primary N) is 2. The fraction of sp³-hybridized carbons (Fsp3) is 0.929. The molecule has 5 nitrogen and oxygen atoms in total. The van der Waals surface area contributed by atoms with E-state index in [1.807, 2.05) is 5.43 Å². The number of unbranched alkanes of at least 4 members (excludes halogenated alkanes) is 7. The van der Waals surface area contributed by atoms with Crippen LogP contribution in [0.2, 0.25) is 0 Å². The number of nitrogens with one attached hydrogen (secondary N) is 1. The van der Waals surface area contributed by atoms with Gasteiger partial charge in [0.05, 0.1) is 0 Å². The summed E-state index contributed by atoms with van der Waals surface area (Å²) >= 11 is 0. The summed E-state index contributed by atoms with van der Waals surface area (Å²) < 4.78 is 0. The minimum atomic E-state index is -0.421. The Morgan fingerprint density at radius 1 is 1.00 bits per heavy atom. The van der Waals surface area contributed by atoms with E-state index in [1.54, 1.807) is 0 Å². The van der Waals surface area contributed by atoms with Crippen LogP contribution in [0, 0.1) is 5.92 Å². The van der Waals surface area contributed by atoms with Crippen LogP contribution < -0.4 is 17.1 Å². The number of rotatable bonds is 11. The second-order valence-electron chi connectivity index (χ2n) is 5.70. The first-order valence-electron chi connectivity index (χ1n) is 7.77. The summed E-state index contributed by atoms with van der Waals surface area (Å²) in [6, 6.07) is -0.421. The number of amides is 2. The predicted molar refractivity (Wildman–Crippen MR) is 77.9 cm³/mol. The standard InChI is InChI=1S/C14H30N4O/c15-17-14(19)18(16)12-8-6-4-2-1-3-5-7-9-13-10-11-13/h13H,1-12,15-16H2,(H,17,19). The molecule has 1 aliphatic rings. The number of nitrogens with zero attached hydrogens (tertiary/aromatic N) is 1. The Morgan fingerprint density at radius 2 is 1.53 bits per heavy atom. The molecule has 0 spiro atoms. The Bertz CT molecular complexity index is 244. The molecule has 0 heterocycles. The van der Waals surface area contributed by atoms with Gasteiger partial charge in [0.1, 0.15) is 0 Å². The molecule has 112 valence electrons. The lowest BCUT2D eigenvalue weighted by molar-refractivity contribution is 0.198. The number of hydrazine groups is 2. The van der Waals surface area contributed by atoms with E-state index in [2.05, 4.69) is 0 Å². The highest BCUT2D eigenvalue weighted by Gasteiger charge is 2.19. The summed E-state index contributed by atoms with van der Waals surface area (Å²) in [6.45, 7) is 0.574. The van der Waals surface area contributed by atoms with Crippen molar-refractivity contribution < 1.29 is 4.79 Å². The van der Waals surface area contributed by atoms with Gasteiger partial charge in [0, 0.05) is 6.54 Å². The van der Waals surface area contributed by atoms with E-state index in [4.69, 9.17) is 11.7 Å². The Kier molecular flexibility index (Phi) is 8.58. The van der Waals surface area contributed by atoms with Gasteiger partial charge in [-0.3, -0.25) is 10.4 Å². The molecule has 0 aliphatic heterocycles. The van der Waals surface area contributed by atoms with Gasteiger partial charge in [0.25, 0.3) is 0 Å². The number of carbonyl (C=O) groups excluding carboxylic acids is 1. The van der Waals surface area contributed by atoms with Crippen molar-refractivity contribution >= 4 is 6.03 Å². The molecular formula is C14H30N4O. The van der Waals surface area contributed by atoms with Crippen LogP contribution >= 0.6 is 0 Å². The molecule has 0 radical (unpaired) electrons. The Morgan fingerprint density at radius 3 is 2.05 bits per heavy atom. The summed E-state index contributed by atoms with van der Waals surface area (Å²) in [6.07, 6.45) is 14.6. The second-order valence-corrected chi connectivity index (χ2v) is 5.70. The minimum Gasteiger partial charge on any atom is -0.275 e. The normalized spacial score (nSPS) is 14.4. The molecule has 1 aliphatic carbocycles. The highest BCUT2D eigenvalue weighted by atomic mass is 16.2. The largest absolute Gasteiger partial charge is 0.345 e. The van der Waals surface area contributed by atoms with Crippen molar-refractivity contribution in [2.24, 2.45) is 17.6 Å². The van der Waals surface area contributed by atoms with Gasteiger partial charge in [-0.15, -0.1) is 0 Å². The summed E-state index contributed by atoms with van der Waals surface area (Å²) in [7, 11) is 0. The molecule has 0 aromatic rings. The van der Waals surface area contributed by atoms with Crippen LogP contribution in [-0.2, 0) is 0 Å². The molecule has 0 aromatic carbocycles. The third-order valence-electron chi connectivity index (χ3n) is 3.84. The molecule has 5 heteroatoms. The lowest BCUT2D eigenvalue weighted by Crippen LogP contribution is -2.47. The molecule has 0 saturated heterocycles. The molecular weight excluding hydrogens is 240 g/mol. The SMILES string of the molecule is NNC(=O)N(N)CCCCCCCCCCC1CC1. The maximum atomic E-state index is 11.0. The van der Waals surface area contributed by atoms with Crippen molar-refractivity contribution in [3.63, 3.8) is 0 Å². The van der Waals surface area contributed by atoms with E-state index < -0.39 is 6.03 Å². The number of hydrogen-bond acceptors (Lipinski definition) is 3. The Labute approximate surface area is 117 Å². The maximum absolute atomic E-state index is 11.0. The van der Waals surface area contributed by atoms with Gasteiger partial charge in [-0.1, -0.05) is 64.2 Å². The number of carbonyl (C=O) groups is 1. The smallest absolute Gasteiger partial charge is 0.275 e. The minimum absolute atomic E-state index is 0.421. The lowest BCUT2D eigenvalue weighted by atomic mass is 10.1. The lowest BCUT2D eigenvalue weighted by Gasteiger charge is -2.15. The highest BCUT2D eigenvalue weighted by molar-refractivity contribution is 5.72. The predicted octanol–water partition coefficient (Wildman–Crippen LogP) is 2.67. The van der Waals surface area contributed by atoms with Crippen molar-refractivity contribution in [3.8, 4) is 0 Å². The topological polar surface area (TPSA) is 84.4 Å². The Hall–Kier alpha value is -0.810. The summed E-state index contributed by atoms with van der Waals surface area (Å²) in [4.78, 5) is 11.0. The van der Waals surface area contributed by atoms with Crippen molar-refractivity contribution in [2.75, 3.05) is 6.54 Å². The average molecular weight is 270 g/mol. The number of hydrogen-bond donors (Lipinski definition) is 3. The van der Waals surface area contributed by atoms with Crippen LogP contribution in [0.15, 0.2) is 0 Å². The monoisotopic (exact) mass is 270 g/mol.